The van der Waals surface area contributed by atoms with E-state index < -0.39 is 0 Å². The molecule has 1 aliphatic heterocycles. The molecule has 1 unspecified atom stereocenters. The standard InChI is InChI=1S/C20H21N5O.ClH/c1-13(15-11-21-12-15)20(26)22-17-10-6-5-9-16(17)19-23-18(24-25-19)14-7-3-2-4-8-14;/h2-10,13,15,21H,11-12H2,1H3,(H,22,26)(H,23,24,25);1H. The number of amides is 1. The maximum absolute atomic E-state index is 12.6. The maximum Gasteiger partial charge on any atom is 0.227 e. The molecule has 0 aliphatic carbocycles. The Kier molecular flexibility index (Phi) is 5.88. The summed E-state index contributed by atoms with van der Waals surface area (Å²) in [6.07, 6.45) is 0. The van der Waals surface area contributed by atoms with Crippen molar-refractivity contribution in [2.24, 2.45) is 11.8 Å². The molecule has 3 aromatic rings. The number of rotatable bonds is 5. The minimum atomic E-state index is -0.0288. The zero-order valence-electron chi connectivity index (χ0n) is 15.0. The van der Waals surface area contributed by atoms with Crippen molar-refractivity contribution in [3.63, 3.8) is 0 Å². The van der Waals surface area contributed by atoms with Gasteiger partial charge in [-0.1, -0.05) is 49.4 Å². The van der Waals surface area contributed by atoms with Crippen LogP contribution in [0.15, 0.2) is 54.6 Å². The van der Waals surface area contributed by atoms with Gasteiger partial charge in [-0.25, -0.2) is 4.98 Å². The van der Waals surface area contributed by atoms with Crippen LogP contribution in [0.1, 0.15) is 6.92 Å². The molecule has 4 rings (SSSR count). The molecule has 1 aliphatic rings. The molecule has 27 heavy (non-hydrogen) atoms. The monoisotopic (exact) mass is 383 g/mol. The Bertz CT molecular complexity index is 908. The van der Waals surface area contributed by atoms with Gasteiger partial charge in [0.1, 0.15) is 0 Å². The summed E-state index contributed by atoms with van der Waals surface area (Å²) in [6.45, 7) is 3.78. The number of aromatic nitrogens is 3. The van der Waals surface area contributed by atoms with Gasteiger partial charge in [0, 0.05) is 17.0 Å². The fraction of sp³-hybridized carbons (Fsp3) is 0.250. The van der Waals surface area contributed by atoms with Crippen molar-refractivity contribution >= 4 is 24.0 Å². The Labute approximate surface area is 164 Å². The number of carbonyl (C=O) groups excluding carboxylic acids is 1. The number of nitrogens with one attached hydrogen (secondary N) is 3. The predicted molar refractivity (Wildman–Crippen MR) is 109 cm³/mol. The normalized spacial score (nSPS) is 14.7. The number of benzene rings is 2. The lowest BCUT2D eigenvalue weighted by atomic mass is 9.88. The van der Waals surface area contributed by atoms with Crippen LogP contribution in [0, 0.1) is 11.8 Å². The van der Waals surface area contributed by atoms with Gasteiger partial charge in [-0.05, 0) is 31.1 Å². The second-order valence-electron chi connectivity index (χ2n) is 6.62. The van der Waals surface area contributed by atoms with Gasteiger partial charge in [0.25, 0.3) is 0 Å². The molecule has 2 aromatic carbocycles. The molecular weight excluding hydrogens is 362 g/mol. The van der Waals surface area contributed by atoms with E-state index >= 15 is 0 Å². The van der Waals surface area contributed by atoms with Crippen molar-refractivity contribution < 1.29 is 4.79 Å². The smallest absolute Gasteiger partial charge is 0.227 e. The summed E-state index contributed by atoms with van der Waals surface area (Å²) in [5, 5.41) is 13.6. The lowest BCUT2D eigenvalue weighted by Gasteiger charge is -2.31. The van der Waals surface area contributed by atoms with Gasteiger partial charge in [0.15, 0.2) is 11.6 Å². The highest BCUT2D eigenvalue weighted by molar-refractivity contribution is 5.96. The predicted octanol–water partition coefficient (Wildman–Crippen LogP) is 3.35. The molecule has 0 bridgehead atoms. The van der Waals surface area contributed by atoms with Gasteiger partial charge in [0.05, 0.1) is 5.69 Å². The number of aromatic amines is 1. The summed E-state index contributed by atoms with van der Waals surface area (Å²) in [5.74, 6) is 1.68. The van der Waals surface area contributed by atoms with Crippen molar-refractivity contribution in [1.82, 2.24) is 20.5 Å². The third kappa shape index (κ3) is 4.02. The first-order valence-corrected chi connectivity index (χ1v) is 8.81. The lowest BCUT2D eigenvalue weighted by molar-refractivity contribution is -0.121. The van der Waals surface area contributed by atoms with E-state index in [0.29, 0.717) is 17.6 Å². The molecule has 0 saturated carbocycles. The third-order valence-electron chi connectivity index (χ3n) is 4.89. The first-order valence-electron chi connectivity index (χ1n) is 8.81. The number of nitrogens with zero attached hydrogens (tertiary/aromatic N) is 2. The fourth-order valence-corrected chi connectivity index (χ4v) is 3.02. The SMILES string of the molecule is CC(C(=O)Nc1ccccc1-c1nc(-c2ccccc2)n[nH]1)C1CNC1.Cl. The summed E-state index contributed by atoms with van der Waals surface area (Å²) < 4.78 is 0. The maximum atomic E-state index is 12.6. The highest BCUT2D eigenvalue weighted by atomic mass is 35.5. The Hall–Kier alpha value is -2.70. The number of hydrogen-bond acceptors (Lipinski definition) is 4. The van der Waals surface area contributed by atoms with E-state index in [4.69, 9.17) is 0 Å². The zero-order chi connectivity index (χ0) is 17.9. The molecular formula is C20H22ClN5O. The highest BCUT2D eigenvalue weighted by Gasteiger charge is 2.29. The van der Waals surface area contributed by atoms with E-state index in [1.54, 1.807) is 0 Å². The molecule has 7 heteroatoms. The highest BCUT2D eigenvalue weighted by Crippen LogP contribution is 2.28. The van der Waals surface area contributed by atoms with Gasteiger partial charge in [-0.15, -0.1) is 12.4 Å². The van der Waals surface area contributed by atoms with E-state index in [2.05, 4.69) is 25.8 Å². The molecule has 6 nitrogen and oxygen atoms in total. The topological polar surface area (TPSA) is 82.7 Å². The molecule has 140 valence electrons. The van der Waals surface area contributed by atoms with Crippen LogP contribution in [0.5, 0.6) is 0 Å². The van der Waals surface area contributed by atoms with Crippen molar-refractivity contribution in [3.8, 4) is 22.8 Å². The molecule has 1 fully saturated rings. The minimum Gasteiger partial charge on any atom is -0.325 e. The number of hydrogen-bond donors (Lipinski definition) is 3. The second-order valence-corrected chi connectivity index (χ2v) is 6.62. The molecule has 2 heterocycles. The van der Waals surface area contributed by atoms with E-state index in [0.717, 1.165) is 29.9 Å². The zero-order valence-corrected chi connectivity index (χ0v) is 15.8. The quantitative estimate of drug-likeness (QED) is 0.631. The van der Waals surface area contributed by atoms with Gasteiger partial charge in [0.2, 0.25) is 5.91 Å². The molecule has 1 atom stereocenters. The summed E-state index contributed by atoms with van der Waals surface area (Å²) in [4.78, 5) is 17.2. The molecule has 1 aromatic heterocycles. The van der Waals surface area contributed by atoms with Crippen molar-refractivity contribution in [1.29, 1.82) is 0 Å². The Morgan fingerprint density at radius 2 is 1.81 bits per heavy atom. The summed E-state index contributed by atoms with van der Waals surface area (Å²) in [5.41, 5.74) is 2.52. The van der Waals surface area contributed by atoms with Crippen molar-refractivity contribution in [2.75, 3.05) is 18.4 Å². The van der Waals surface area contributed by atoms with Gasteiger partial charge < -0.3 is 10.6 Å². The number of halogens is 1. The molecule has 0 radical (unpaired) electrons. The van der Waals surface area contributed by atoms with Gasteiger partial charge in [-0.3, -0.25) is 9.89 Å². The van der Waals surface area contributed by atoms with Crippen LogP contribution in [-0.2, 0) is 4.79 Å². The van der Waals surface area contributed by atoms with Gasteiger partial charge in [-0.2, -0.15) is 5.10 Å². The molecule has 0 spiro atoms. The minimum absolute atomic E-state index is 0. The largest absolute Gasteiger partial charge is 0.325 e. The number of anilines is 1. The number of carbonyl (C=O) groups is 1. The van der Waals surface area contributed by atoms with Crippen LogP contribution in [-0.4, -0.2) is 34.2 Å². The average Bonchev–Trinajstić information content (AvgIpc) is 3.11. The number of para-hydroxylation sites is 1. The van der Waals surface area contributed by atoms with Crippen LogP contribution in [0.25, 0.3) is 22.8 Å². The summed E-state index contributed by atoms with van der Waals surface area (Å²) in [7, 11) is 0. The second kappa shape index (κ2) is 8.33. The van der Waals surface area contributed by atoms with Crippen LogP contribution in [0.3, 0.4) is 0 Å². The summed E-state index contributed by atoms with van der Waals surface area (Å²) >= 11 is 0. The van der Waals surface area contributed by atoms with Crippen molar-refractivity contribution in [3.05, 3.63) is 54.6 Å². The van der Waals surface area contributed by atoms with Crippen LogP contribution in [0.2, 0.25) is 0 Å². The first-order chi connectivity index (χ1) is 12.7. The van der Waals surface area contributed by atoms with E-state index in [-0.39, 0.29) is 24.2 Å². The molecule has 1 saturated heterocycles. The van der Waals surface area contributed by atoms with Crippen LogP contribution >= 0.6 is 12.4 Å². The van der Waals surface area contributed by atoms with Crippen LogP contribution in [0.4, 0.5) is 5.69 Å². The van der Waals surface area contributed by atoms with E-state index in [9.17, 15) is 4.79 Å². The fourth-order valence-electron chi connectivity index (χ4n) is 3.02. The van der Waals surface area contributed by atoms with E-state index in [1.807, 2.05) is 61.5 Å². The van der Waals surface area contributed by atoms with Gasteiger partial charge >= 0.3 is 0 Å². The van der Waals surface area contributed by atoms with E-state index in [1.165, 1.54) is 0 Å². The van der Waals surface area contributed by atoms with Crippen LogP contribution < -0.4 is 10.6 Å². The number of H-pyrrole nitrogens is 1. The Morgan fingerprint density at radius 3 is 2.52 bits per heavy atom. The first kappa shape index (κ1) is 19.1. The average molecular weight is 384 g/mol. The molecule has 3 N–H and O–H groups in total. The third-order valence-corrected chi connectivity index (χ3v) is 4.89. The lowest BCUT2D eigenvalue weighted by Crippen LogP contribution is -2.48. The summed E-state index contributed by atoms with van der Waals surface area (Å²) in [6, 6.07) is 17.5. The molecule has 1 amide bonds. The Balaban J connectivity index is 0.00000210. The van der Waals surface area contributed by atoms with Crippen molar-refractivity contribution in [2.45, 2.75) is 6.92 Å². The Morgan fingerprint density at radius 1 is 1.11 bits per heavy atom.